The lowest BCUT2D eigenvalue weighted by atomic mass is 9.93. The van der Waals surface area contributed by atoms with Crippen molar-refractivity contribution >= 4 is 5.91 Å². The van der Waals surface area contributed by atoms with E-state index in [9.17, 15) is 9.90 Å². The summed E-state index contributed by atoms with van der Waals surface area (Å²) in [6.07, 6.45) is 3.43. The molecule has 0 heterocycles. The molecule has 0 radical (unpaired) electrons. The number of carbonyl (C=O) groups is 1. The van der Waals surface area contributed by atoms with Gasteiger partial charge in [-0.2, -0.15) is 0 Å². The van der Waals surface area contributed by atoms with Gasteiger partial charge in [-0.25, -0.2) is 0 Å². The molecular formula is C8H15NO2. The Morgan fingerprint density at radius 2 is 2.27 bits per heavy atom. The second kappa shape index (κ2) is 3.72. The summed E-state index contributed by atoms with van der Waals surface area (Å²) in [6, 6.07) is 0.205. The lowest BCUT2D eigenvalue weighted by Crippen LogP contribution is -2.38. The lowest BCUT2D eigenvalue weighted by molar-refractivity contribution is -0.120. The molecule has 0 unspecified atom stereocenters. The van der Waals surface area contributed by atoms with Crippen molar-refractivity contribution in [2.45, 2.75) is 44.8 Å². The first-order chi connectivity index (χ1) is 5.18. The first-order valence-corrected chi connectivity index (χ1v) is 4.13. The molecule has 1 aliphatic carbocycles. The van der Waals surface area contributed by atoms with Gasteiger partial charge in [-0.1, -0.05) is 0 Å². The van der Waals surface area contributed by atoms with Crippen molar-refractivity contribution in [3.05, 3.63) is 0 Å². The fourth-order valence-electron chi connectivity index (χ4n) is 1.58. The topological polar surface area (TPSA) is 49.3 Å². The predicted octanol–water partition coefficient (Wildman–Crippen LogP) is 0.426. The smallest absolute Gasteiger partial charge is 0.217 e. The third-order valence-corrected chi connectivity index (χ3v) is 2.05. The van der Waals surface area contributed by atoms with E-state index < -0.39 is 0 Å². The van der Waals surface area contributed by atoms with Gasteiger partial charge in [0.2, 0.25) is 5.91 Å². The van der Waals surface area contributed by atoms with Crippen molar-refractivity contribution in [3.8, 4) is 0 Å². The number of carbonyl (C=O) groups excluding carboxylic acids is 1. The Balaban J connectivity index is 2.28. The van der Waals surface area contributed by atoms with E-state index in [-0.39, 0.29) is 18.1 Å². The monoisotopic (exact) mass is 157 g/mol. The van der Waals surface area contributed by atoms with Crippen molar-refractivity contribution in [3.63, 3.8) is 0 Å². The molecular weight excluding hydrogens is 142 g/mol. The van der Waals surface area contributed by atoms with Crippen LogP contribution in [-0.2, 0) is 4.79 Å². The molecule has 2 N–H and O–H groups in total. The molecule has 1 aliphatic rings. The summed E-state index contributed by atoms with van der Waals surface area (Å²) in [4.78, 5) is 10.6. The molecule has 11 heavy (non-hydrogen) atoms. The largest absolute Gasteiger partial charge is 0.393 e. The van der Waals surface area contributed by atoms with E-state index in [1.807, 2.05) is 0 Å². The second-order valence-corrected chi connectivity index (χ2v) is 3.22. The summed E-state index contributed by atoms with van der Waals surface area (Å²) in [5, 5.41) is 12.1. The molecule has 0 aromatic heterocycles. The van der Waals surface area contributed by atoms with Crippen molar-refractivity contribution in [1.82, 2.24) is 5.32 Å². The van der Waals surface area contributed by atoms with Crippen LogP contribution in [0.25, 0.3) is 0 Å². The molecule has 3 heteroatoms. The number of amides is 1. The Morgan fingerprint density at radius 1 is 1.55 bits per heavy atom. The molecule has 1 fully saturated rings. The zero-order chi connectivity index (χ0) is 8.27. The summed E-state index contributed by atoms with van der Waals surface area (Å²) in [7, 11) is 0. The maximum absolute atomic E-state index is 10.6. The highest BCUT2D eigenvalue weighted by molar-refractivity contribution is 5.73. The van der Waals surface area contributed by atoms with Crippen molar-refractivity contribution in [2.75, 3.05) is 0 Å². The van der Waals surface area contributed by atoms with Crippen molar-refractivity contribution < 1.29 is 9.90 Å². The average molecular weight is 157 g/mol. The maximum Gasteiger partial charge on any atom is 0.217 e. The third-order valence-electron chi connectivity index (χ3n) is 2.05. The molecule has 0 aliphatic heterocycles. The SMILES string of the molecule is CC(=O)N[C@@H]1CCC[C@H](O)C1. The van der Waals surface area contributed by atoms with E-state index in [2.05, 4.69) is 5.32 Å². The Bertz CT molecular complexity index is 147. The van der Waals surface area contributed by atoms with Crippen LogP contribution in [0.5, 0.6) is 0 Å². The fourth-order valence-corrected chi connectivity index (χ4v) is 1.58. The first kappa shape index (κ1) is 8.53. The summed E-state index contributed by atoms with van der Waals surface area (Å²) in [6.45, 7) is 1.51. The molecule has 0 spiro atoms. The summed E-state index contributed by atoms with van der Waals surface area (Å²) < 4.78 is 0. The van der Waals surface area contributed by atoms with E-state index >= 15 is 0 Å². The third kappa shape index (κ3) is 2.89. The minimum absolute atomic E-state index is 0.00380. The Hall–Kier alpha value is -0.570. The Kier molecular flexibility index (Phi) is 2.88. The summed E-state index contributed by atoms with van der Waals surface area (Å²) in [5.41, 5.74) is 0. The predicted molar refractivity (Wildman–Crippen MR) is 42.1 cm³/mol. The fraction of sp³-hybridized carbons (Fsp3) is 0.875. The molecule has 1 amide bonds. The van der Waals surface area contributed by atoms with Gasteiger partial charge >= 0.3 is 0 Å². The van der Waals surface area contributed by atoms with Gasteiger partial charge < -0.3 is 10.4 Å². The summed E-state index contributed by atoms with van der Waals surface area (Å²) >= 11 is 0. The van der Waals surface area contributed by atoms with Crippen molar-refractivity contribution in [2.24, 2.45) is 0 Å². The molecule has 0 saturated heterocycles. The highest BCUT2D eigenvalue weighted by Crippen LogP contribution is 2.17. The quantitative estimate of drug-likeness (QED) is 0.579. The van der Waals surface area contributed by atoms with Crippen LogP contribution in [-0.4, -0.2) is 23.2 Å². The van der Waals surface area contributed by atoms with Gasteiger partial charge in [-0.3, -0.25) is 4.79 Å². The average Bonchev–Trinajstić information content (AvgIpc) is 1.85. The van der Waals surface area contributed by atoms with Crippen LogP contribution < -0.4 is 5.32 Å². The minimum atomic E-state index is -0.208. The maximum atomic E-state index is 10.6. The van der Waals surface area contributed by atoms with Crippen LogP contribution in [0, 0.1) is 0 Å². The van der Waals surface area contributed by atoms with Gasteiger partial charge in [0.15, 0.2) is 0 Å². The normalized spacial score (nSPS) is 31.5. The number of aliphatic hydroxyl groups excluding tert-OH is 1. The van der Waals surface area contributed by atoms with Crippen LogP contribution in [0.15, 0.2) is 0 Å². The molecule has 2 atom stereocenters. The van der Waals surface area contributed by atoms with E-state index in [1.54, 1.807) is 0 Å². The molecule has 1 saturated carbocycles. The second-order valence-electron chi connectivity index (χ2n) is 3.22. The Morgan fingerprint density at radius 3 is 2.82 bits per heavy atom. The summed E-state index contributed by atoms with van der Waals surface area (Å²) in [5.74, 6) is 0.00380. The van der Waals surface area contributed by atoms with Gasteiger partial charge in [0, 0.05) is 13.0 Å². The van der Waals surface area contributed by atoms with Crippen LogP contribution in [0.3, 0.4) is 0 Å². The minimum Gasteiger partial charge on any atom is -0.393 e. The van der Waals surface area contributed by atoms with Gasteiger partial charge in [0.05, 0.1) is 6.10 Å². The highest BCUT2D eigenvalue weighted by atomic mass is 16.3. The van der Waals surface area contributed by atoms with E-state index in [4.69, 9.17) is 0 Å². The number of aliphatic hydroxyl groups is 1. The molecule has 64 valence electrons. The molecule has 0 aromatic rings. The Labute approximate surface area is 66.8 Å². The highest BCUT2D eigenvalue weighted by Gasteiger charge is 2.19. The molecule has 0 aromatic carbocycles. The first-order valence-electron chi connectivity index (χ1n) is 4.13. The van der Waals surface area contributed by atoms with Gasteiger partial charge in [0.1, 0.15) is 0 Å². The molecule has 0 bridgehead atoms. The van der Waals surface area contributed by atoms with Gasteiger partial charge in [0.25, 0.3) is 0 Å². The number of nitrogens with one attached hydrogen (secondary N) is 1. The number of rotatable bonds is 1. The number of hydrogen-bond acceptors (Lipinski definition) is 2. The van der Waals surface area contributed by atoms with Crippen LogP contribution >= 0.6 is 0 Å². The van der Waals surface area contributed by atoms with Crippen LogP contribution in [0.1, 0.15) is 32.6 Å². The molecule has 3 nitrogen and oxygen atoms in total. The zero-order valence-corrected chi connectivity index (χ0v) is 6.84. The molecule has 1 rings (SSSR count). The van der Waals surface area contributed by atoms with Crippen LogP contribution in [0.2, 0.25) is 0 Å². The number of hydrogen-bond donors (Lipinski definition) is 2. The lowest BCUT2D eigenvalue weighted by Gasteiger charge is -2.25. The van der Waals surface area contributed by atoms with Gasteiger partial charge in [-0.15, -0.1) is 0 Å². The standard InChI is InChI=1S/C8H15NO2/c1-6(10)9-7-3-2-4-8(11)5-7/h7-8,11H,2-5H2,1H3,(H,9,10)/t7-,8+/m1/s1. The van der Waals surface area contributed by atoms with E-state index in [0.29, 0.717) is 0 Å². The van der Waals surface area contributed by atoms with Crippen molar-refractivity contribution in [1.29, 1.82) is 0 Å². The van der Waals surface area contributed by atoms with Gasteiger partial charge in [-0.05, 0) is 25.7 Å². The van der Waals surface area contributed by atoms with E-state index in [1.165, 1.54) is 6.92 Å². The zero-order valence-electron chi connectivity index (χ0n) is 6.84. The van der Waals surface area contributed by atoms with Crippen LogP contribution in [0.4, 0.5) is 0 Å². The van der Waals surface area contributed by atoms with E-state index in [0.717, 1.165) is 25.7 Å².